The zero-order chi connectivity index (χ0) is 24.1. The van der Waals surface area contributed by atoms with E-state index in [1.807, 2.05) is 49.4 Å². The first-order valence-corrected chi connectivity index (χ1v) is 11.3. The van der Waals surface area contributed by atoms with Gasteiger partial charge >= 0.3 is 12.0 Å². The molecule has 0 fully saturated rings. The van der Waals surface area contributed by atoms with Crippen molar-refractivity contribution in [3.63, 3.8) is 0 Å². The number of aryl methyl sites for hydroxylation is 1. The number of hydrogen-bond acceptors (Lipinski definition) is 4. The molecule has 7 heteroatoms. The first-order valence-electron chi connectivity index (χ1n) is 11.3. The molecule has 7 nitrogen and oxygen atoms in total. The monoisotopic (exact) mass is 457 g/mol. The lowest BCUT2D eigenvalue weighted by atomic mass is 10.1. The van der Waals surface area contributed by atoms with E-state index in [-0.39, 0.29) is 12.5 Å². The van der Waals surface area contributed by atoms with Crippen LogP contribution in [0.15, 0.2) is 66.7 Å². The molecule has 1 aliphatic heterocycles. The third kappa shape index (κ3) is 5.26. The van der Waals surface area contributed by atoms with Crippen LogP contribution in [0.1, 0.15) is 44.3 Å². The Balaban J connectivity index is 1.40. The van der Waals surface area contributed by atoms with Crippen molar-refractivity contribution in [3.05, 3.63) is 94.5 Å². The van der Waals surface area contributed by atoms with Crippen molar-refractivity contribution >= 4 is 29.3 Å². The molecule has 3 aromatic rings. The number of benzene rings is 3. The van der Waals surface area contributed by atoms with Crippen LogP contribution >= 0.6 is 0 Å². The standard InChI is InChI=1S/C27H27N3O4/c1-3-34-26(32)22-8-5-9-23(16-22)29-27(33)28-17-19-10-11-20-12-13-30(24(20)15-19)25(31)21-7-4-6-18(2)14-21/h4-11,14-16H,3,12-13,17H2,1-2H3,(H2,28,29,33). The number of hydrogen-bond donors (Lipinski definition) is 2. The fraction of sp³-hybridized carbons (Fsp3) is 0.222. The number of carbonyl (C=O) groups excluding carboxylic acids is 3. The number of fused-ring (bicyclic) bond motifs is 1. The third-order valence-electron chi connectivity index (χ3n) is 5.64. The van der Waals surface area contributed by atoms with Gasteiger partial charge in [0.05, 0.1) is 12.2 Å². The van der Waals surface area contributed by atoms with Crippen LogP contribution in [0.4, 0.5) is 16.2 Å². The number of anilines is 2. The fourth-order valence-electron chi connectivity index (χ4n) is 3.98. The van der Waals surface area contributed by atoms with Gasteiger partial charge in [0.25, 0.3) is 5.91 Å². The summed E-state index contributed by atoms with van der Waals surface area (Å²) in [5, 5.41) is 5.56. The van der Waals surface area contributed by atoms with E-state index in [1.165, 1.54) is 0 Å². The average molecular weight is 458 g/mol. The highest BCUT2D eigenvalue weighted by molar-refractivity contribution is 6.07. The van der Waals surface area contributed by atoms with Gasteiger partial charge < -0.3 is 20.3 Å². The summed E-state index contributed by atoms with van der Waals surface area (Å²) in [5.41, 5.74) is 5.46. The molecule has 0 atom stereocenters. The van der Waals surface area contributed by atoms with E-state index in [1.54, 1.807) is 36.1 Å². The molecule has 0 radical (unpaired) electrons. The molecule has 1 aliphatic rings. The van der Waals surface area contributed by atoms with Gasteiger partial charge in [-0.25, -0.2) is 9.59 Å². The first-order chi connectivity index (χ1) is 16.4. The van der Waals surface area contributed by atoms with Gasteiger partial charge in [0.1, 0.15) is 0 Å². The lowest BCUT2D eigenvalue weighted by Crippen LogP contribution is -2.29. The summed E-state index contributed by atoms with van der Waals surface area (Å²) in [6.07, 6.45) is 0.803. The number of nitrogens with zero attached hydrogens (tertiary/aromatic N) is 1. The smallest absolute Gasteiger partial charge is 0.338 e. The molecule has 3 amide bonds. The third-order valence-corrected chi connectivity index (χ3v) is 5.64. The number of carbonyl (C=O) groups is 3. The zero-order valence-corrected chi connectivity index (χ0v) is 19.3. The molecule has 0 aromatic heterocycles. The highest BCUT2D eigenvalue weighted by Crippen LogP contribution is 2.30. The molecule has 0 aliphatic carbocycles. The minimum Gasteiger partial charge on any atom is -0.462 e. The first kappa shape index (κ1) is 23.0. The van der Waals surface area contributed by atoms with Crippen molar-refractivity contribution in [2.45, 2.75) is 26.8 Å². The molecular weight excluding hydrogens is 430 g/mol. The molecule has 0 bridgehead atoms. The summed E-state index contributed by atoms with van der Waals surface area (Å²) in [6.45, 7) is 4.92. The topological polar surface area (TPSA) is 87.7 Å². The Morgan fingerprint density at radius 1 is 0.971 bits per heavy atom. The van der Waals surface area contributed by atoms with E-state index in [0.717, 1.165) is 28.8 Å². The molecule has 174 valence electrons. The number of rotatable bonds is 6. The summed E-state index contributed by atoms with van der Waals surface area (Å²) >= 11 is 0. The van der Waals surface area contributed by atoms with Crippen LogP contribution in [0.2, 0.25) is 0 Å². The van der Waals surface area contributed by atoms with Crippen molar-refractivity contribution in [2.24, 2.45) is 0 Å². The van der Waals surface area contributed by atoms with Gasteiger partial charge in [-0.05, 0) is 67.8 Å². The van der Waals surface area contributed by atoms with Crippen LogP contribution in [-0.2, 0) is 17.7 Å². The minimum absolute atomic E-state index is 0.0215. The molecule has 1 heterocycles. The molecule has 3 aromatic carbocycles. The average Bonchev–Trinajstić information content (AvgIpc) is 3.26. The lowest BCUT2D eigenvalue weighted by Gasteiger charge is -2.18. The maximum atomic E-state index is 13.1. The van der Waals surface area contributed by atoms with Crippen LogP contribution in [0.3, 0.4) is 0 Å². The predicted octanol–water partition coefficient (Wildman–Crippen LogP) is 4.70. The van der Waals surface area contributed by atoms with Gasteiger partial charge in [0, 0.05) is 30.0 Å². The Morgan fingerprint density at radius 2 is 1.76 bits per heavy atom. The largest absolute Gasteiger partial charge is 0.462 e. The van der Waals surface area contributed by atoms with Crippen molar-refractivity contribution in [1.82, 2.24) is 5.32 Å². The summed E-state index contributed by atoms with van der Waals surface area (Å²) in [5.74, 6) is -0.457. The zero-order valence-electron chi connectivity index (χ0n) is 19.3. The van der Waals surface area contributed by atoms with Crippen LogP contribution in [0.25, 0.3) is 0 Å². The summed E-state index contributed by atoms with van der Waals surface area (Å²) in [4.78, 5) is 39.2. The van der Waals surface area contributed by atoms with Crippen LogP contribution in [-0.4, -0.2) is 31.1 Å². The predicted molar refractivity (Wildman–Crippen MR) is 131 cm³/mol. The number of ether oxygens (including phenoxy) is 1. The maximum absolute atomic E-state index is 13.1. The highest BCUT2D eigenvalue weighted by atomic mass is 16.5. The molecule has 0 saturated carbocycles. The molecular formula is C27H27N3O4. The number of urea groups is 1. The van der Waals surface area contributed by atoms with E-state index in [4.69, 9.17) is 4.74 Å². The van der Waals surface area contributed by atoms with Crippen LogP contribution in [0.5, 0.6) is 0 Å². The second-order valence-corrected chi connectivity index (χ2v) is 8.15. The van der Waals surface area contributed by atoms with Crippen LogP contribution in [0, 0.1) is 6.92 Å². The van der Waals surface area contributed by atoms with Gasteiger partial charge in [-0.2, -0.15) is 0 Å². The molecule has 0 saturated heterocycles. The molecule has 34 heavy (non-hydrogen) atoms. The van der Waals surface area contributed by atoms with E-state index in [2.05, 4.69) is 10.6 Å². The summed E-state index contributed by atoms with van der Waals surface area (Å²) < 4.78 is 4.99. The Morgan fingerprint density at radius 3 is 2.56 bits per heavy atom. The summed E-state index contributed by atoms with van der Waals surface area (Å²) in [6, 6.07) is 19.7. The molecule has 4 rings (SSSR count). The molecule has 0 unspecified atom stereocenters. The number of amides is 3. The second-order valence-electron chi connectivity index (χ2n) is 8.15. The lowest BCUT2D eigenvalue weighted by molar-refractivity contribution is 0.0526. The second kappa shape index (κ2) is 10.2. The maximum Gasteiger partial charge on any atom is 0.338 e. The normalized spacial score (nSPS) is 12.1. The van der Waals surface area contributed by atoms with Crippen molar-refractivity contribution in [1.29, 1.82) is 0 Å². The minimum atomic E-state index is -0.436. The quantitative estimate of drug-likeness (QED) is 0.526. The van der Waals surface area contributed by atoms with Crippen LogP contribution < -0.4 is 15.5 Å². The van der Waals surface area contributed by atoms with E-state index < -0.39 is 12.0 Å². The Hall–Kier alpha value is -4.13. The van der Waals surface area contributed by atoms with E-state index in [9.17, 15) is 14.4 Å². The van der Waals surface area contributed by atoms with Gasteiger partial charge in [0.2, 0.25) is 0 Å². The number of esters is 1. The fourth-order valence-corrected chi connectivity index (χ4v) is 3.98. The molecule has 0 spiro atoms. The van der Waals surface area contributed by atoms with Crippen molar-refractivity contribution in [3.8, 4) is 0 Å². The highest BCUT2D eigenvalue weighted by Gasteiger charge is 2.26. The van der Waals surface area contributed by atoms with Crippen molar-refractivity contribution < 1.29 is 19.1 Å². The summed E-state index contributed by atoms with van der Waals surface area (Å²) in [7, 11) is 0. The van der Waals surface area contributed by atoms with E-state index >= 15 is 0 Å². The Bertz CT molecular complexity index is 1240. The van der Waals surface area contributed by atoms with Gasteiger partial charge in [-0.3, -0.25) is 4.79 Å². The van der Waals surface area contributed by atoms with Gasteiger partial charge in [-0.15, -0.1) is 0 Å². The Labute approximate surface area is 198 Å². The van der Waals surface area contributed by atoms with Gasteiger partial charge in [-0.1, -0.05) is 35.9 Å². The number of nitrogens with one attached hydrogen (secondary N) is 2. The SMILES string of the molecule is CCOC(=O)c1cccc(NC(=O)NCc2ccc3c(c2)N(C(=O)c2cccc(C)c2)CC3)c1. The molecule has 2 N–H and O–H groups in total. The van der Waals surface area contributed by atoms with Crippen molar-refractivity contribution in [2.75, 3.05) is 23.4 Å². The Kier molecular flexibility index (Phi) is 6.92. The van der Waals surface area contributed by atoms with Gasteiger partial charge in [0.15, 0.2) is 0 Å². The van der Waals surface area contributed by atoms with E-state index in [0.29, 0.717) is 29.9 Å².